The van der Waals surface area contributed by atoms with Crippen LogP contribution in [0.25, 0.3) is 263 Å². The van der Waals surface area contributed by atoms with Gasteiger partial charge in [0.15, 0.2) is 0 Å². The fraction of sp³-hybridized carbons (Fsp3) is 0.0244. The smallest absolute Gasteiger partial charge is 0.136 e. The maximum absolute atomic E-state index is 6.26. The van der Waals surface area contributed by atoms with E-state index < -0.39 is 0 Å². The molecule has 27 rings (SSSR count). The predicted octanol–water partition coefficient (Wildman–Crippen LogP) is 35.4. The maximum Gasteiger partial charge on any atom is 0.136 e. The summed E-state index contributed by atoms with van der Waals surface area (Å²) in [5, 5.41) is 30.4. The van der Waals surface area contributed by atoms with Crippen molar-refractivity contribution in [1.82, 2.24) is 0 Å². The Hall–Kier alpha value is -16.2. The fourth-order valence-electron chi connectivity index (χ4n) is 20.5. The third kappa shape index (κ3) is 11.9. The van der Waals surface area contributed by atoms with Crippen molar-refractivity contribution >= 4 is 163 Å². The van der Waals surface area contributed by atoms with E-state index in [-0.39, 0.29) is 0 Å². The van der Waals surface area contributed by atoms with Crippen molar-refractivity contribution in [2.75, 3.05) is 0 Å². The topological polar surface area (TPSA) is 39.4 Å². The molecule has 588 valence electrons. The van der Waals surface area contributed by atoms with Gasteiger partial charge in [-0.25, -0.2) is 0 Å². The highest BCUT2D eigenvalue weighted by molar-refractivity contribution is 6.31. The number of aryl methyl sites for hydroxylation is 3. The third-order valence-corrected chi connectivity index (χ3v) is 26.8. The molecule has 0 atom stereocenters. The number of hydrogen-bond acceptors (Lipinski definition) is 3. The van der Waals surface area contributed by atoms with Crippen molar-refractivity contribution in [2.24, 2.45) is 0 Å². The number of para-hydroxylation sites is 3. The van der Waals surface area contributed by atoms with Gasteiger partial charge < -0.3 is 13.3 Å². The van der Waals surface area contributed by atoms with Gasteiger partial charge in [-0.1, -0.05) is 375 Å². The Morgan fingerprint density at radius 1 is 0.127 bits per heavy atom. The van der Waals surface area contributed by atoms with Crippen LogP contribution < -0.4 is 0 Å². The first-order valence-electron chi connectivity index (χ1n) is 43.5. The molecule has 0 N–H and O–H groups in total. The average Bonchev–Trinajstić information content (AvgIpc) is 0.982. The van der Waals surface area contributed by atoms with Crippen molar-refractivity contribution in [3.05, 3.63) is 435 Å². The highest BCUT2D eigenvalue weighted by Crippen LogP contribution is 2.49. The summed E-state index contributed by atoms with van der Waals surface area (Å²) in [6.45, 7) is 6.42. The summed E-state index contributed by atoms with van der Waals surface area (Å²) in [6, 6.07) is 153. The van der Waals surface area contributed by atoms with Gasteiger partial charge in [0.05, 0.1) is 0 Å². The van der Waals surface area contributed by atoms with Gasteiger partial charge in [-0.15, -0.1) is 0 Å². The summed E-state index contributed by atoms with van der Waals surface area (Å²) < 4.78 is 18.5. The minimum Gasteiger partial charge on any atom is -0.456 e. The molecule has 0 aliphatic rings. The number of fused-ring (bicyclic) bond motifs is 9. The molecule has 0 aliphatic carbocycles. The van der Waals surface area contributed by atoms with Crippen molar-refractivity contribution in [2.45, 2.75) is 20.8 Å². The van der Waals surface area contributed by atoms with Crippen molar-refractivity contribution in [3.63, 3.8) is 0 Å². The lowest BCUT2D eigenvalue weighted by Gasteiger charge is -2.18. The quantitative estimate of drug-likeness (QED) is 0.135. The maximum atomic E-state index is 6.26. The van der Waals surface area contributed by atoms with Gasteiger partial charge in [0.2, 0.25) is 0 Å². The van der Waals surface area contributed by atoms with Crippen LogP contribution in [0.1, 0.15) is 16.7 Å². The zero-order chi connectivity index (χ0) is 83.4. The Labute approximate surface area is 727 Å². The normalized spacial score (nSPS) is 11.9. The highest BCUT2D eigenvalue weighted by Gasteiger charge is 2.23. The zero-order valence-electron chi connectivity index (χ0n) is 69.6. The molecule has 0 saturated carbocycles. The molecule has 3 aromatic heterocycles. The van der Waals surface area contributed by atoms with Crippen LogP contribution in [0.5, 0.6) is 0 Å². The van der Waals surface area contributed by atoms with E-state index in [0.717, 1.165) is 76.9 Å². The first-order chi connectivity index (χ1) is 62.1. The van der Waals surface area contributed by atoms with Crippen LogP contribution in [0, 0.1) is 20.8 Å². The van der Waals surface area contributed by atoms with Gasteiger partial charge in [-0.2, -0.15) is 0 Å². The molecule has 0 saturated heterocycles. The summed E-state index contributed by atoms with van der Waals surface area (Å²) in [5.41, 5.74) is 31.5. The van der Waals surface area contributed by atoms with Crippen LogP contribution in [-0.2, 0) is 0 Å². The summed E-state index contributed by atoms with van der Waals surface area (Å²) in [6.07, 6.45) is 0. The van der Waals surface area contributed by atoms with E-state index in [2.05, 4.69) is 403 Å². The molecule has 0 amide bonds. The number of benzene rings is 24. The molecule has 0 spiro atoms. The van der Waals surface area contributed by atoms with Crippen molar-refractivity contribution < 1.29 is 13.3 Å². The van der Waals surface area contributed by atoms with Crippen molar-refractivity contribution in [1.29, 1.82) is 0 Å². The van der Waals surface area contributed by atoms with Crippen LogP contribution in [-0.4, -0.2) is 0 Å². The number of furan rings is 3. The van der Waals surface area contributed by atoms with Gasteiger partial charge >= 0.3 is 0 Å². The van der Waals surface area contributed by atoms with Crippen molar-refractivity contribution in [3.8, 4) is 100 Å². The molecule has 0 aliphatic heterocycles. The van der Waals surface area contributed by atoms with Gasteiger partial charge in [0.25, 0.3) is 0 Å². The second kappa shape index (κ2) is 29.0. The van der Waals surface area contributed by atoms with E-state index >= 15 is 0 Å². The highest BCUT2D eigenvalue weighted by atomic mass is 16.3. The third-order valence-electron chi connectivity index (χ3n) is 26.8. The van der Waals surface area contributed by atoms with E-state index in [1.165, 1.54) is 203 Å². The minimum atomic E-state index is 0.919. The molecule has 24 aromatic carbocycles. The lowest BCUT2D eigenvalue weighted by Crippen LogP contribution is -1.91. The summed E-state index contributed by atoms with van der Waals surface area (Å²) in [5.74, 6) is 0. The Bertz CT molecular complexity index is 9030. The van der Waals surface area contributed by atoms with Gasteiger partial charge in [0, 0.05) is 32.3 Å². The van der Waals surface area contributed by atoms with Crippen LogP contribution in [0.4, 0.5) is 0 Å². The predicted molar refractivity (Wildman–Crippen MR) is 535 cm³/mol. The van der Waals surface area contributed by atoms with Gasteiger partial charge in [0.1, 0.15) is 33.5 Å². The average molecular weight is 1600 g/mol. The van der Waals surface area contributed by atoms with E-state index in [1.807, 2.05) is 36.4 Å². The molecular formula is C123H78O3. The van der Waals surface area contributed by atoms with Gasteiger partial charge in [-0.3, -0.25) is 0 Å². The molecule has 0 fully saturated rings. The van der Waals surface area contributed by atoms with Crippen LogP contribution >= 0.6 is 0 Å². The molecular weight excluding hydrogens is 1530 g/mol. The Morgan fingerprint density at radius 2 is 0.381 bits per heavy atom. The minimum absolute atomic E-state index is 0.919. The largest absolute Gasteiger partial charge is 0.456 e. The molecule has 0 radical (unpaired) electrons. The number of hydrogen-bond donors (Lipinski definition) is 0. The molecule has 0 bridgehead atoms. The zero-order valence-corrected chi connectivity index (χ0v) is 69.6. The lowest BCUT2D eigenvalue weighted by molar-refractivity contribution is 0.668. The van der Waals surface area contributed by atoms with Crippen LogP contribution in [0.2, 0.25) is 0 Å². The van der Waals surface area contributed by atoms with E-state index in [0.29, 0.717) is 0 Å². The summed E-state index contributed by atoms with van der Waals surface area (Å²) >= 11 is 0. The molecule has 27 aromatic rings. The monoisotopic (exact) mass is 1600 g/mol. The van der Waals surface area contributed by atoms with Gasteiger partial charge in [-0.05, 0) is 279 Å². The second-order valence-corrected chi connectivity index (χ2v) is 34.2. The Balaban J connectivity index is 0.000000103. The molecule has 126 heavy (non-hydrogen) atoms. The fourth-order valence-corrected chi connectivity index (χ4v) is 20.5. The van der Waals surface area contributed by atoms with Crippen LogP contribution in [0.15, 0.2) is 432 Å². The van der Waals surface area contributed by atoms with E-state index in [4.69, 9.17) is 13.3 Å². The lowest BCUT2D eigenvalue weighted by atomic mass is 9.85. The Kier molecular flexibility index (Phi) is 16.7. The standard InChI is InChI=1S/3C41H26O/c1-25-9-11-26(12-10-25)32-18-13-27-16-22-37-33(19-14-28-15-21-36(32)40(27)41(28)37)31-6-4-5-29(23-31)30-17-20-35-34-7-2-3-8-38(34)42-39(35)24-30;1-25-10-12-26(13-11-25)31-19-14-27-17-23-37-33(20-15-28-16-22-36(31)40(27)41(28)37)32-7-3-2-6-30(32)29-18-21-35-34-8-4-5-9-38(34)42-39(35)24-29;1-25-6-8-27(9-7-25)32-19-14-29-17-22-36-33(20-15-30-16-21-35(32)40(29)41(30)36)28-12-10-26(11-13-28)31-18-23-39-37(24-31)34-4-2-3-5-38(34)42-39/h3*2-24H,1H3. The molecule has 3 heterocycles. The van der Waals surface area contributed by atoms with E-state index in [9.17, 15) is 0 Å². The molecule has 0 unspecified atom stereocenters. The summed E-state index contributed by atoms with van der Waals surface area (Å²) in [4.78, 5) is 0. The SMILES string of the molecule is Cc1ccc(-c2ccc3ccc4c(-c5ccc(-c6ccc7oc8ccccc8c7c6)cc5)ccc5ccc2c3c54)cc1.Cc1ccc(-c2ccc3ccc4c(-c5cccc(-c6ccc7c(c6)oc6ccccc67)c5)ccc5ccc2c3c54)cc1.Cc1ccc(-c2ccc3ccc4c(-c5ccccc5-c5ccc6c(c5)oc5ccccc56)ccc5ccc2c3c54)cc1. The van der Waals surface area contributed by atoms with E-state index in [1.54, 1.807) is 0 Å². The molecule has 3 nitrogen and oxygen atoms in total. The summed E-state index contributed by atoms with van der Waals surface area (Å²) in [7, 11) is 0. The second-order valence-electron chi connectivity index (χ2n) is 34.2. The first-order valence-corrected chi connectivity index (χ1v) is 43.5. The number of rotatable bonds is 9. The van der Waals surface area contributed by atoms with Crippen LogP contribution in [0.3, 0.4) is 0 Å². The Morgan fingerprint density at radius 3 is 0.810 bits per heavy atom. The molecule has 3 heteroatoms. The first kappa shape index (κ1) is 72.6.